The van der Waals surface area contributed by atoms with Gasteiger partial charge >= 0.3 is 0 Å². The molecule has 6 nitrogen and oxygen atoms in total. The van der Waals surface area contributed by atoms with Crippen molar-refractivity contribution in [3.8, 4) is 11.5 Å². The number of piperidine rings is 1. The molecule has 0 bridgehead atoms. The highest BCUT2D eigenvalue weighted by atomic mass is 79.9. The quantitative estimate of drug-likeness (QED) is 0.579. The zero-order valence-corrected chi connectivity index (χ0v) is 16.9. The number of rotatable bonds is 4. The van der Waals surface area contributed by atoms with Gasteiger partial charge in [-0.1, -0.05) is 22.0 Å². The fraction of sp³-hybridized carbons (Fsp3) is 0.550. The number of halogens is 1. The fourth-order valence-corrected chi connectivity index (χ4v) is 5.11. The predicted molar refractivity (Wildman–Crippen MR) is 103 cm³/mol. The maximum absolute atomic E-state index is 11.7. The molecule has 0 saturated carbocycles. The second kappa shape index (κ2) is 7.45. The van der Waals surface area contributed by atoms with Crippen molar-refractivity contribution in [3.05, 3.63) is 34.3 Å². The summed E-state index contributed by atoms with van der Waals surface area (Å²) in [5.74, 6) is 0.591. The molecule has 1 aromatic carbocycles. The maximum atomic E-state index is 11.7. The maximum Gasteiger partial charge on any atom is 0.209 e. The van der Waals surface area contributed by atoms with E-state index in [0.29, 0.717) is 31.3 Å². The SMILES string of the molecule is COc1cc(Br)c(CC2C3C=CC4(CC3CCN2C=O)OCCO4)cc1O. The van der Waals surface area contributed by atoms with Crippen molar-refractivity contribution in [2.75, 3.05) is 26.9 Å². The second-order valence-corrected chi connectivity index (χ2v) is 8.28. The molecule has 0 aromatic heterocycles. The van der Waals surface area contributed by atoms with Crippen LogP contribution in [0.15, 0.2) is 28.8 Å². The summed E-state index contributed by atoms with van der Waals surface area (Å²) < 4.78 is 17.7. The van der Waals surface area contributed by atoms with E-state index in [0.717, 1.165) is 35.8 Å². The smallest absolute Gasteiger partial charge is 0.209 e. The summed E-state index contributed by atoms with van der Waals surface area (Å²) in [5.41, 5.74) is 0.952. The average molecular weight is 438 g/mol. The lowest BCUT2D eigenvalue weighted by atomic mass is 9.71. The first-order chi connectivity index (χ1) is 13.0. The van der Waals surface area contributed by atoms with Crippen LogP contribution in [-0.2, 0) is 20.7 Å². The summed E-state index contributed by atoms with van der Waals surface area (Å²) in [7, 11) is 1.52. The first-order valence-corrected chi connectivity index (χ1v) is 10.1. The van der Waals surface area contributed by atoms with Gasteiger partial charge in [0.1, 0.15) is 0 Å². The standard InChI is InChI=1S/C20H24BrNO5/c1-25-19-10-16(21)14(9-18(19)24)8-17-15-2-4-20(26-6-7-27-20)11-13(15)3-5-22(17)12-23/h2,4,9-10,12-13,15,17,24H,3,5-8,11H2,1H3. The Bertz CT molecular complexity index is 746. The molecule has 2 aliphatic heterocycles. The lowest BCUT2D eigenvalue weighted by Crippen LogP contribution is -2.52. The summed E-state index contributed by atoms with van der Waals surface area (Å²) in [5, 5.41) is 10.2. The molecular weight excluding hydrogens is 414 g/mol. The highest BCUT2D eigenvalue weighted by Gasteiger charge is 2.46. The van der Waals surface area contributed by atoms with Gasteiger partial charge in [0, 0.05) is 29.4 Å². The van der Waals surface area contributed by atoms with Crippen LogP contribution in [0.2, 0.25) is 0 Å². The van der Waals surface area contributed by atoms with Crippen LogP contribution in [0.25, 0.3) is 0 Å². The third kappa shape index (κ3) is 3.48. The molecule has 1 spiro atoms. The zero-order chi connectivity index (χ0) is 19.0. The van der Waals surface area contributed by atoms with E-state index >= 15 is 0 Å². The summed E-state index contributed by atoms with van der Waals surface area (Å²) in [6, 6.07) is 3.51. The van der Waals surface area contributed by atoms with Crippen LogP contribution < -0.4 is 4.74 Å². The lowest BCUT2D eigenvalue weighted by molar-refractivity contribution is -0.147. The Morgan fingerprint density at radius 2 is 2.19 bits per heavy atom. The van der Waals surface area contributed by atoms with Crippen LogP contribution in [-0.4, -0.2) is 55.1 Å². The van der Waals surface area contributed by atoms with Crippen molar-refractivity contribution < 1.29 is 24.1 Å². The average Bonchev–Trinajstić information content (AvgIpc) is 3.12. The van der Waals surface area contributed by atoms with E-state index < -0.39 is 5.79 Å². The molecule has 2 fully saturated rings. The lowest BCUT2D eigenvalue weighted by Gasteiger charge is -2.47. The van der Waals surface area contributed by atoms with Crippen LogP contribution in [0.5, 0.6) is 11.5 Å². The van der Waals surface area contributed by atoms with Gasteiger partial charge in [-0.25, -0.2) is 0 Å². The normalized spacial score (nSPS) is 29.0. The molecule has 1 amide bonds. The summed E-state index contributed by atoms with van der Waals surface area (Å²) >= 11 is 3.57. The molecule has 3 aliphatic rings. The molecule has 146 valence electrons. The van der Waals surface area contributed by atoms with E-state index in [4.69, 9.17) is 14.2 Å². The molecule has 0 radical (unpaired) electrons. The minimum atomic E-state index is -0.575. The third-order valence-electron chi connectivity index (χ3n) is 5.98. The van der Waals surface area contributed by atoms with E-state index in [1.54, 1.807) is 12.1 Å². The third-order valence-corrected chi connectivity index (χ3v) is 6.72. The number of fused-ring (bicyclic) bond motifs is 1. The van der Waals surface area contributed by atoms with Gasteiger partial charge in [0.2, 0.25) is 6.41 Å². The largest absolute Gasteiger partial charge is 0.504 e. The molecule has 1 aromatic rings. The summed E-state index contributed by atoms with van der Waals surface area (Å²) in [6.07, 6.45) is 7.55. The molecule has 1 N–H and O–H groups in total. The van der Waals surface area contributed by atoms with Crippen molar-refractivity contribution in [1.29, 1.82) is 0 Å². The number of nitrogens with zero attached hydrogens (tertiary/aromatic N) is 1. The molecule has 3 unspecified atom stereocenters. The number of ether oxygens (including phenoxy) is 3. The number of phenols is 1. The first kappa shape index (κ1) is 18.8. The van der Waals surface area contributed by atoms with E-state index in [9.17, 15) is 9.90 Å². The van der Waals surface area contributed by atoms with E-state index in [1.165, 1.54) is 7.11 Å². The van der Waals surface area contributed by atoms with Crippen molar-refractivity contribution in [2.24, 2.45) is 11.8 Å². The Morgan fingerprint density at radius 1 is 1.41 bits per heavy atom. The van der Waals surface area contributed by atoms with E-state index in [1.807, 2.05) is 11.0 Å². The number of hydrogen-bond acceptors (Lipinski definition) is 5. The molecule has 2 heterocycles. The molecular formula is C20H24BrNO5. The van der Waals surface area contributed by atoms with E-state index in [-0.39, 0.29) is 17.7 Å². The predicted octanol–water partition coefficient (Wildman–Crippen LogP) is 2.87. The number of amides is 1. The minimum absolute atomic E-state index is 0.0281. The number of carbonyl (C=O) groups is 1. The number of hydrogen-bond donors (Lipinski definition) is 1. The van der Waals surface area contributed by atoms with Crippen LogP contribution >= 0.6 is 15.9 Å². The van der Waals surface area contributed by atoms with Gasteiger partial charge in [-0.05, 0) is 42.5 Å². The van der Waals surface area contributed by atoms with Crippen molar-refractivity contribution >= 4 is 22.3 Å². The van der Waals surface area contributed by atoms with Crippen LogP contribution in [0.1, 0.15) is 18.4 Å². The van der Waals surface area contributed by atoms with Gasteiger partial charge in [0.15, 0.2) is 17.3 Å². The number of benzene rings is 1. The molecule has 1 aliphatic carbocycles. The fourth-order valence-electron chi connectivity index (χ4n) is 4.62. The molecule has 7 heteroatoms. The Kier molecular flexibility index (Phi) is 5.18. The number of phenolic OH excluding ortho intramolecular Hbond substituents is 1. The van der Waals surface area contributed by atoms with Crippen molar-refractivity contribution in [1.82, 2.24) is 4.90 Å². The van der Waals surface area contributed by atoms with Crippen molar-refractivity contribution in [2.45, 2.75) is 31.1 Å². The van der Waals surface area contributed by atoms with Gasteiger partial charge in [0.25, 0.3) is 0 Å². The Labute approximate surface area is 167 Å². The number of likely N-dealkylation sites (tertiary alicyclic amines) is 1. The van der Waals surface area contributed by atoms with Gasteiger partial charge in [-0.2, -0.15) is 0 Å². The van der Waals surface area contributed by atoms with Gasteiger partial charge in [-0.3, -0.25) is 4.79 Å². The monoisotopic (exact) mass is 437 g/mol. The Hall–Kier alpha value is -1.57. The van der Waals surface area contributed by atoms with Crippen LogP contribution in [0.3, 0.4) is 0 Å². The second-order valence-electron chi connectivity index (χ2n) is 7.43. The van der Waals surface area contributed by atoms with Gasteiger partial charge < -0.3 is 24.2 Å². The minimum Gasteiger partial charge on any atom is -0.504 e. The summed E-state index contributed by atoms with van der Waals surface area (Å²) in [4.78, 5) is 13.6. The summed E-state index contributed by atoms with van der Waals surface area (Å²) in [6.45, 7) is 1.98. The Morgan fingerprint density at radius 3 is 2.89 bits per heavy atom. The zero-order valence-electron chi connectivity index (χ0n) is 15.3. The number of carbonyl (C=O) groups excluding carboxylic acids is 1. The highest BCUT2D eigenvalue weighted by molar-refractivity contribution is 9.10. The van der Waals surface area contributed by atoms with Crippen LogP contribution in [0.4, 0.5) is 0 Å². The first-order valence-electron chi connectivity index (χ1n) is 9.29. The van der Waals surface area contributed by atoms with Gasteiger partial charge in [0.05, 0.1) is 20.3 Å². The Balaban J connectivity index is 1.61. The topological polar surface area (TPSA) is 68.2 Å². The van der Waals surface area contributed by atoms with Crippen molar-refractivity contribution in [3.63, 3.8) is 0 Å². The number of methoxy groups -OCH3 is 1. The highest BCUT2D eigenvalue weighted by Crippen LogP contribution is 2.44. The molecule has 4 rings (SSSR count). The molecule has 27 heavy (non-hydrogen) atoms. The molecule has 2 saturated heterocycles. The number of aromatic hydroxyl groups is 1. The van der Waals surface area contributed by atoms with Gasteiger partial charge in [-0.15, -0.1) is 0 Å². The van der Waals surface area contributed by atoms with E-state index in [2.05, 4.69) is 22.0 Å². The molecule has 3 atom stereocenters. The van der Waals surface area contributed by atoms with Crippen LogP contribution in [0, 0.1) is 11.8 Å².